The first-order valence-corrected chi connectivity index (χ1v) is 12.3. The smallest absolute Gasteiger partial charge is 0.338 e. The van der Waals surface area contributed by atoms with Crippen LogP contribution in [0.5, 0.6) is 0 Å². The Kier molecular flexibility index (Phi) is 7.16. The van der Waals surface area contributed by atoms with Gasteiger partial charge in [-0.1, -0.05) is 11.6 Å². The van der Waals surface area contributed by atoms with Gasteiger partial charge in [0.2, 0.25) is 0 Å². The van der Waals surface area contributed by atoms with Crippen LogP contribution in [0.3, 0.4) is 0 Å². The molecular formula is C24H22ClF5N8O. The summed E-state index contributed by atoms with van der Waals surface area (Å²) in [6.07, 6.45) is -1.50. The summed E-state index contributed by atoms with van der Waals surface area (Å²) < 4.78 is 68.5. The number of benzene rings is 1. The molecule has 9 nitrogen and oxygen atoms in total. The molecule has 206 valence electrons. The summed E-state index contributed by atoms with van der Waals surface area (Å²) in [6.45, 7) is 0.0991. The van der Waals surface area contributed by atoms with Gasteiger partial charge in [0.25, 0.3) is 12.3 Å². The Balaban J connectivity index is 1.43. The molecule has 1 aromatic carbocycles. The van der Waals surface area contributed by atoms with E-state index in [1.807, 2.05) is 0 Å². The highest BCUT2D eigenvalue weighted by Crippen LogP contribution is 2.37. The minimum absolute atomic E-state index is 0.0106. The fraction of sp³-hybridized carbons (Fsp3) is 0.333. The number of likely N-dealkylation sites (tertiary alicyclic amines) is 1. The third-order valence-electron chi connectivity index (χ3n) is 6.35. The molecule has 0 bridgehead atoms. The number of alkyl halides is 5. The first-order chi connectivity index (χ1) is 18.5. The van der Waals surface area contributed by atoms with Gasteiger partial charge in [-0.2, -0.15) is 18.3 Å². The molecule has 1 saturated heterocycles. The molecule has 0 unspecified atom stereocenters. The highest BCUT2D eigenvalue weighted by molar-refractivity contribution is 6.34. The van der Waals surface area contributed by atoms with Gasteiger partial charge in [-0.05, 0) is 31.0 Å². The zero-order valence-corrected chi connectivity index (χ0v) is 20.9. The Labute approximate surface area is 223 Å². The number of nitrogens with one attached hydrogen (secondary N) is 1. The summed E-state index contributed by atoms with van der Waals surface area (Å²) >= 11 is 6.42. The summed E-state index contributed by atoms with van der Waals surface area (Å²) in [5, 5.41) is 6.55. The van der Waals surface area contributed by atoms with E-state index in [4.69, 9.17) is 17.3 Å². The van der Waals surface area contributed by atoms with Crippen LogP contribution in [0.1, 0.15) is 28.9 Å². The molecule has 1 amide bonds. The van der Waals surface area contributed by atoms with Crippen LogP contribution in [0.15, 0.2) is 43.0 Å². The van der Waals surface area contributed by atoms with E-state index >= 15 is 0 Å². The van der Waals surface area contributed by atoms with Gasteiger partial charge < -0.3 is 16.0 Å². The van der Waals surface area contributed by atoms with E-state index in [1.165, 1.54) is 29.1 Å². The van der Waals surface area contributed by atoms with E-state index in [1.54, 1.807) is 17.0 Å². The van der Waals surface area contributed by atoms with Crippen LogP contribution in [0.25, 0.3) is 16.9 Å². The number of nitrogens with two attached hydrogens (primary N) is 1. The van der Waals surface area contributed by atoms with Gasteiger partial charge >= 0.3 is 6.18 Å². The molecular weight excluding hydrogens is 547 g/mol. The summed E-state index contributed by atoms with van der Waals surface area (Å²) in [5.74, 6) is -0.0122. The van der Waals surface area contributed by atoms with Crippen molar-refractivity contribution in [2.24, 2.45) is 5.73 Å². The molecule has 4 heterocycles. The van der Waals surface area contributed by atoms with Gasteiger partial charge in [-0.25, -0.2) is 18.7 Å². The highest BCUT2D eigenvalue weighted by atomic mass is 35.5. The molecule has 1 aliphatic rings. The summed E-state index contributed by atoms with van der Waals surface area (Å²) in [5.41, 5.74) is 5.15. The van der Waals surface area contributed by atoms with Gasteiger partial charge in [-0.15, -0.1) is 0 Å². The monoisotopic (exact) mass is 568 g/mol. The number of nitrogens with zero attached hydrogens (tertiary/aromatic N) is 6. The Hall–Kier alpha value is -3.78. The van der Waals surface area contributed by atoms with Crippen molar-refractivity contribution in [3.63, 3.8) is 0 Å². The number of aromatic nitrogens is 5. The number of fused-ring (bicyclic) bond motifs is 1. The molecule has 39 heavy (non-hydrogen) atoms. The molecule has 1 fully saturated rings. The van der Waals surface area contributed by atoms with Crippen LogP contribution < -0.4 is 11.1 Å². The van der Waals surface area contributed by atoms with Crippen LogP contribution in [-0.4, -0.2) is 60.5 Å². The quantitative estimate of drug-likeness (QED) is 0.323. The van der Waals surface area contributed by atoms with Gasteiger partial charge in [0.15, 0.2) is 17.2 Å². The average molecular weight is 569 g/mol. The van der Waals surface area contributed by atoms with Crippen LogP contribution in [0.4, 0.5) is 33.5 Å². The van der Waals surface area contributed by atoms with Gasteiger partial charge in [0.05, 0.1) is 28.0 Å². The molecule has 15 heteroatoms. The lowest BCUT2D eigenvalue weighted by Crippen LogP contribution is -2.42. The number of halogens is 6. The van der Waals surface area contributed by atoms with Gasteiger partial charge in [0, 0.05) is 43.4 Å². The van der Waals surface area contributed by atoms with Crippen molar-refractivity contribution in [1.82, 2.24) is 29.0 Å². The first kappa shape index (κ1) is 26.8. The minimum Gasteiger partial charge on any atom is -0.338 e. The number of hydrogen-bond donors (Lipinski definition) is 2. The zero-order chi connectivity index (χ0) is 27.9. The van der Waals surface area contributed by atoms with E-state index in [-0.39, 0.29) is 34.1 Å². The molecule has 3 aromatic heterocycles. The SMILES string of the molecule is NC1CCN(C(=O)c2ccc(Nc3nccn4c(-c5cn(CC(F)F)nc5C(F)(F)F)cnc34)cc2Cl)CC1. The lowest BCUT2D eigenvalue weighted by molar-refractivity contribution is -0.141. The number of imidazole rings is 1. The zero-order valence-electron chi connectivity index (χ0n) is 20.2. The highest BCUT2D eigenvalue weighted by Gasteiger charge is 2.38. The predicted molar refractivity (Wildman–Crippen MR) is 133 cm³/mol. The van der Waals surface area contributed by atoms with Gasteiger partial charge in [0.1, 0.15) is 6.54 Å². The van der Waals surface area contributed by atoms with Crippen molar-refractivity contribution >= 4 is 34.7 Å². The maximum absolute atomic E-state index is 13.7. The van der Waals surface area contributed by atoms with Crippen molar-refractivity contribution in [1.29, 1.82) is 0 Å². The number of rotatable bonds is 6. The number of anilines is 2. The van der Waals surface area contributed by atoms with E-state index in [9.17, 15) is 26.7 Å². The van der Waals surface area contributed by atoms with Crippen LogP contribution in [-0.2, 0) is 12.7 Å². The number of hydrogen-bond acceptors (Lipinski definition) is 6. The maximum Gasteiger partial charge on any atom is 0.435 e. The average Bonchev–Trinajstić information content (AvgIpc) is 3.48. The molecule has 0 atom stereocenters. The van der Waals surface area contributed by atoms with E-state index in [2.05, 4.69) is 20.4 Å². The first-order valence-electron chi connectivity index (χ1n) is 11.9. The van der Waals surface area contributed by atoms with Crippen molar-refractivity contribution in [2.45, 2.75) is 38.0 Å². The van der Waals surface area contributed by atoms with Crippen LogP contribution in [0, 0.1) is 0 Å². The summed E-state index contributed by atoms with van der Waals surface area (Å²) in [4.78, 5) is 23.0. The number of piperidine rings is 1. The molecule has 0 spiro atoms. The number of amides is 1. The fourth-order valence-electron chi connectivity index (χ4n) is 4.44. The summed E-state index contributed by atoms with van der Waals surface area (Å²) in [7, 11) is 0. The van der Waals surface area contributed by atoms with Crippen molar-refractivity contribution < 1.29 is 26.7 Å². The van der Waals surface area contributed by atoms with Crippen molar-refractivity contribution in [3.05, 3.63) is 59.3 Å². The van der Waals surface area contributed by atoms with Crippen LogP contribution in [0.2, 0.25) is 5.02 Å². The molecule has 1 aliphatic heterocycles. The Bertz CT molecular complexity index is 1510. The van der Waals surface area contributed by atoms with Crippen molar-refractivity contribution in [2.75, 3.05) is 18.4 Å². The second-order valence-electron chi connectivity index (χ2n) is 9.06. The summed E-state index contributed by atoms with van der Waals surface area (Å²) in [6, 6.07) is 4.81. The molecule has 0 radical (unpaired) electrons. The predicted octanol–water partition coefficient (Wildman–Crippen LogP) is 4.84. The van der Waals surface area contributed by atoms with Crippen LogP contribution >= 0.6 is 11.6 Å². The van der Waals surface area contributed by atoms with E-state index in [0.717, 1.165) is 6.20 Å². The topological polar surface area (TPSA) is 106 Å². The second-order valence-corrected chi connectivity index (χ2v) is 9.47. The standard InChI is InChI=1S/C24H22ClF5N8O/c25-17-9-14(1-2-15(17)23(39)36-6-3-13(31)4-7-36)34-21-22-33-10-18(38(22)8-5-32-21)16-11-37(12-19(26)27)35-20(16)24(28,29)30/h1-2,5,8-11,13,19H,3-4,6-7,12,31H2,(H,32,34). The second kappa shape index (κ2) is 10.4. The van der Waals surface area contributed by atoms with E-state index in [0.29, 0.717) is 41.9 Å². The molecule has 3 N–H and O–H groups in total. The van der Waals surface area contributed by atoms with E-state index < -0.39 is 30.4 Å². The Morgan fingerprint density at radius 3 is 2.62 bits per heavy atom. The number of carbonyl (C=O) groups excluding carboxylic acids is 1. The molecule has 5 rings (SSSR count). The largest absolute Gasteiger partial charge is 0.435 e. The number of carbonyl (C=O) groups is 1. The lowest BCUT2D eigenvalue weighted by Gasteiger charge is -2.30. The Morgan fingerprint density at radius 1 is 1.21 bits per heavy atom. The normalized spacial score (nSPS) is 14.9. The third-order valence-corrected chi connectivity index (χ3v) is 6.66. The molecule has 0 saturated carbocycles. The van der Waals surface area contributed by atoms with Gasteiger partial charge in [-0.3, -0.25) is 13.9 Å². The molecule has 0 aliphatic carbocycles. The maximum atomic E-state index is 13.7. The Morgan fingerprint density at radius 2 is 1.95 bits per heavy atom. The minimum atomic E-state index is -4.88. The fourth-order valence-corrected chi connectivity index (χ4v) is 4.70. The lowest BCUT2D eigenvalue weighted by atomic mass is 10.0. The third kappa shape index (κ3) is 5.52. The van der Waals surface area contributed by atoms with Crippen molar-refractivity contribution in [3.8, 4) is 11.3 Å². The molecule has 4 aromatic rings.